The summed E-state index contributed by atoms with van der Waals surface area (Å²) in [6.07, 6.45) is -1.61. The topological polar surface area (TPSA) is 84.6 Å². The van der Waals surface area contributed by atoms with Crippen LogP contribution in [0, 0.1) is 5.41 Å². The quantitative estimate of drug-likeness (QED) is 0.211. The number of ether oxygens (including phenoxy) is 1. The van der Waals surface area contributed by atoms with Crippen molar-refractivity contribution in [1.29, 1.82) is 0 Å². The molecular weight excluding hydrogens is 589 g/mol. The number of amidine groups is 1. The summed E-state index contributed by atoms with van der Waals surface area (Å²) in [5.41, 5.74) is 4.55. The minimum absolute atomic E-state index is 0.226. The van der Waals surface area contributed by atoms with Gasteiger partial charge in [-0.05, 0) is 59.7 Å². The van der Waals surface area contributed by atoms with Crippen LogP contribution in [0.3, 0.4) is 0 Å². The number of aromatic nitrogens is 3. The van der Waals surface area contributed by atoms with E-state index in [1.165, 1.54) is 40.8 Å². The van der Waals surface area contributed by atoms with Gasteiger partial charge in [-0.15, -0.1) is 18.3 Å². The first-order chi connectivity index (χ1) is 21.0. The first kappa shape index (κ1) is 31.1. The van der Waals surface area contributed by atoms with Gasteiger partial charge in [-0.3, -0.25) is 0 Å². The molecule has 0 saturated carbocycles. The summed E-state index contributed by atoms with van der Waals surface area (Å²) in [4.78, 5) is 23.7. The first-order valence-electron chi connectivity index (χ1n) is 14.2. The summed E-state index contributed by atoms with van der Waals surface area (Å²) in [5.74, 6) is 1.06. The van der Waals surface area contributed by atoms with Crippen molar-refractivity contribution < 1.29 is 22.7 Å². The molecule has 0 atom stereocenters. The van der Waals surface area contributed by atoms with Crippen molar-refractivity contribution in [2.75, 3.05) is 23.7 Å². The maximum Gasteiger partial charge on any atom is 0.573 e. The van der Waals surface area contributed by atoms with Crippen LogP contribution < -0.4 is 15.0 Å². The van der Waals surface area contributed by atoms with E-state index in [2.05, 4.69) is 62.9 Å². The van der Waals surface area contributed by atoms with Gasteiger partial charge in [0, 0.05) is 30.1 Å². The van der Waals surface area contributed by atoms with E-state index < -0.39 is 6.36 Å². The molecule has 5 rings (SSSR count). The van der Waals surface area contributed by atoms with Crippen LogP contribution in [0.15, 0.2) is 84.1 Å². The summed E-state index contributed by atoms with van der Waals surface area (Å²) in [7, 11) is 0. The van der Waals surface area contributed by atoms with Gasteiger partial charge in [-0.2, -0.15) is 4.99 Å². The Morgan fingerprint density at radius 3 is 2.48 bits per heavy atom. The van der Waals surface area contributed by atoms with Gasteiger partial charge < -0.3 is 15.0 Å². The van der Waals surface area contributed by atoms with Crippen molar-refractivity contribution in [2.24, 2.45) is 10.4 Å². The average molecular weight is 623 g/mol. The van der Waals surface area contributed by atoms with Crippen molar-refractivity contribution in [3.63, 3.8) is 0 Å². The van der Waals surface area contributed by atoms with E-state index in [0.717, 1.165) is 47.1 Å². The highest BCUT2D eigenvalue weighted by atomic mass is 32.2. The molecule has 1 saturated heterocycles. The summed E-state index contributed by atoms with van der Waals surface area (Å²) in [6.45, 7) is 7.59. The fourth-order valence-corrected chi connectivity index (χ4v) is 5.89. The molecule has 0 radical (unpaired) electrons. The van der Waals surface area contributed by atoms with Crippen LogP contribution in [0.25, 0.3) is 17.1 Å². The third-order valence-electron chi connectivity index (χ3n) is 7.08. The lowest BCUT2D eigenvalue weighted by Crippen LogP contribution is -2.35. The van der Waals surface area contributed by atoms with Crippen LogP contribution in [0.1, 0.15) is 31.9 Å². The molecule has 1 aliphatic rings. The molecule has 12 heteroatoms. The number of benzene rings is 3. The molecular formula is C32H33F3N6O2S. The predicted octanol–water partition coefficient (Wildman–Crippen LogP) is 7.28. The maximum absolute atomic E-state index is 12.8. The third-order valence-corrected chi connectivity index (χ3v) is 8.03. The van der Waals surface area contributed by atoms with E-state index >= 15 is 0 Å². The van der Waals surface area contributed by atoms with E-state index in [9.17, 15) is 18.0 Å². The number of amides is 2. The number of para-hydroxylation sites is 1. The number of carbonyl (C=O) groups is 1. The first-order valence-corrected chi connectivity index (χ1v) is 15.2. The molecule has 1 N–H and O–H groups in total. The molecule has 0 aliphatic carbocycles. The number of hydrogen-bond acceptors (Lipinski definition) is 5. The number of hydrogen-bond donors (Lipinski definition) is 1. The molecule has 0 spiro atoms. The van der Waals surface area contributed by atoms with Crippen LogP contribution in [-0.4, -0.2) is 51.2 Å². The number of anilines is 1. The van der Waals surface area contributed by atoms with Crippen LogP contribution in [0.4, 0.5) is 23.7 Å². The number of thioether (sulfide) groups is 1. The van der Waals surface area contributed by atoms with Gasteiger partial charge in [0.05, 0.1) is 5.69 Å². The zero-order valence-corrected chi connectivity index (χ0v) is 25.5. The molecule has 1 aromatic heterocycles. The SMILES string of the molecule is CCc1ccccc1N1CCS/C1=N\C(=O)NCC(C)(C)Cc1ccc(-c2ncn(-c3ccc(OC(F)(F)F)cc3)n2)cc1. The molecule has 0 bridgehead atoms. The number of nitrogens with zero attached hydrogens (tertiary/aromatic N) is 5. The van der Waals surface area contributed by atoms with E-state index in [-0.39, 0.29) is 17.2 Å². The van der Waals surface area contributed by atoms with Gasteiger partial charge in [0.15, 0.2) is 11.0 Å². The van der Waals surface area contributed by atoms with Crippen molar-refractivity contribution >= 4 is 28.6 Å². The second-order valence-corrected chi connectivity index (χ2v) is 12.2. The zero-order valence-electron chi connectivity index (χ0n) is 24.6. The van der Waals surface area contributed by atoms with Gasteiger partial charge in [0.2, 0.25) is 0 Å². The molecule has 3 aromatic carbocycles. The van der Waals surface area contributed by atoms with E-state index in [0.29, 0.717) is 18.1 Å². The highest BCUT2D eigenvalue weighted by Gasteiger charge is 2.31. The van der Waals surface area contributed by atoms with Crippen LogP contribution in [-0.2, 0) is 12.8 Å². The van der Waals surface area contributed by atoms with Gasteiger partial charge >= 0.3 is 12.4 Å². The second-order valence-electron chi connectivity index (χ2n) is 11.1. The Bertz CT molecular complexity index is 1620. The normalized spacial score (nSPS) is 14.7. The van der Waals surface area contributed by atoms with Gasteiger partial charge in [-0.1, -0.05) is 75.0 Å². The monoisotopic (exact) mass is 622 g/mol. The fraction of sp³-hybridized carbons (Fsp3) is 0.312. The van der Waals surface area contributed by atoms with Gasteiger partial charge in [-0.25, -0.2) is 14.5 Å². The van der Waals surface area contributed by atoms with Gasteiger partial charge in [0.1, 0.15) is 12.1 Å². The molecule has 44 heavy (non-hydrogen) atoms. The molecule has 1 aliphatic heterocycles. The Morgan fingerprint density at radius 2 is 1.77 bits per heavy atom. The Labute approximate surface area is 258 Å². The third kappa shape index (κ3) is 7.98. The van der Waals surface area contributed by atoms with Crippen LogP contribution in [0.5, 0.6) is 5.75 Å². The van der Waals surface area contributed by atoms with Crippen LogP contribution in [0.2, 0.25) is 0 Å². The number of carbonyl (C=O) groups excluding carboxylic acids is 1. The van der Waals surface area contributed by atoms with Crippen molar-refractivity contribution in [3.05, 3.63) is 90.3 Å². The lowest BCUT2D eigenvalue weighted by molar-refractivity contribution is -0.274. The summed E-state index contributed by atoms with van der Waals surface area (Å²) < 4.78 is 42.7. The largest absolute Gasteiger partial charge is 0.573 e. The van der Waals surface area contributed by atoms with E-state index in [1.807, 2.05) is 36.4 Å². The number of rotatable bonds is 9. The number of urea groups is 1. The fourth-order valence-electron chi connectivity index (χ4n) is 4.94. The highest BCUT2D eigenvalue weighted by Crippen LogP contribution is 2.29. The zero-order chi connectivity index (χ0) is 31.3. The van der Waals surface area contributed by atoms with E-state index in [4.69, 9.17) is 0 Å². The minimum atomic E-state index is -4.75. The highest BCUT2D eigenvalue weighted by molar-refractivity contribution is 8.14. The lowest BCUT2D eigenvalue weighted by atomic mass is 9.85. The predicted molar refractivity (Wildman–Crippen MR) is 167 cm³/mol. The minimum Gasteiger partial charge on any atom is -0.406 e. The molecule has 2 heterocycles. The van der Waals surface area contributed by atoms with Crippen molar-refractivity contribution in [2.45, 2.75) is 40.0 Å². The van der Waals surface area contributed by atoms with Crippen LogP contribution >= 0.6 is 11.8 Å². The van der Waals surface area contributed by atoms with E-state index in [1.54, 1.807) is 11.8 Å². The molecule has 230 valence electrons. The van der Waals surface area contributed by atoms with Crippen molar-refractivity contribution in [1.82, 2.24) is 20.1 Å². The summed E-state index contributed by atoms with van der Waals surface area (Å²) in [6, 6.07) is 21.1. The summed E-state index contributed by atoms with van der Waals surface area (Å²) >= 11 is 1.59. The number of alkyl halides is 3. The smallest absolute Gasteiger partial charge is 0.406 e. The standard InChI is InChI=1S/C32H33F3N6O2S/c1-4-23-7-5-6-8-27(23)40-17-18-44-30(40)38-29(42)36-20-31(2,3)19-22-9-11-24(12-10-22)28-37-21-41(39-28)25-13-15-26(16-14-25)43-32(33,34)35/h5-16,21H,4,17-20H2,1-3H3,(H,36,42)/b38-30-. The number of aryl methyl sites for hydroxylation is 1. The molecule has 0 unspecified atom stereocenters. The number of nitrogens with one attached hydrogen (secondary N) is 1. The molecule has 2 amide bonds. The average Bonchev–Trinajstić information content (AvgIpc) is 3.66. The lowest BCUT2D eigenvalue weighted by Gasteiger charge is -2.25. The Kier molecular flexibility index (Phi) is 9.28. The second kappa shape index (κ2) is 13.1. The number of halogens is 3. The summed E-state index contributed by atoms with van der Waals surface area (Å²) in [5, 5.41) is 8.17. The van der Waals surface area contributed by atoms with Gasteiger partial charge in [0.25, 0.3) is 0 Å². The molecule has 8 nitrogen and oxygen atoms in total. The Hall–Kier alpha value is -4.32. The molecule has 4 aromatic rings. The number of aliphatic imine (C=N–C) groups is 1. The Morgan fingerprint density at radius 1 is 1.05 bits per heavy atom. The molecule has 1 fully saturated rings. The maximum atomic E-state index is 12.8. The Balaban J connectivity index is 1.16. The van der Waals surface area contributed by atoms with Crippen molar-refractivity contribution in [3.8, 4) is 22.8 Å².